The Morgan fingerprint density at radius 3 is 2.66 bits per heavy atom. The van der Waals surface area contributed by atoms with Crippen molar-refractivity contribution in [3.05, 3.63) is 47.4 Å². The van der Waals surface area contributed by atoms with Gasteiger partial charge in [-0.1, -0.05) is 0 Å². The second kappa shape index (κ2) is 6.55. The van der Waals surface area contributed by atoms with Crippen LogP contribution in [-0.4, -0.2) is 33.7 Å². The van der Waals surface area contributed by atoms with Crippen LogP contribution in [0.5, 0.6) is 0 Å². The molecule has 6 nitrogen and oxygen atoms in total. The van der Waals surface area contributed by atoms with Crippen molar-refractivity contribution in [2.75, 3.05) is 18.5 Å². The number of rotatable bonds is 2. The number of hydrogen-bond donors (Lipinski definition) is 1. The minimum atomic E-state index is -4.55. The van der Waals surface area contributed by atoms with Crippen LogP contribution in [0.25, 0.3) is 16.9 Å². The van der Waals surface area contributed by atoms with Crippen molar-refractivity contribution >= 4 is 22.8 Å². The number of imidazole rings is 1. The zero-order valence-corrected chi connectivity index (χ0v) is 15.3. The molecule has 0 unspecified atom stereocenters. The molecule has 3 aromatic rings. The van der Waals surface area contributed by atoms with Crippen LogP contribution in [0.4, 0.5) is 18.9 Å². The predicted octanol–water partition coefficient (Wildman–Crippen LogP) is 3.83. The summed E-state index contributed by atoms with van der Waals surface area (Å²) in [7, 11) is 0. The molecule has 2 aromatic heterocycles. The number of nitrogens with one attached hydrogen (secondary N) is 1. The van der Waals surface area contributed by atoms with Crippen molar-refractivity contribution < 1.29 is 22.7 Å². The van der Waals surface area contributed by atoms with Crippen LogP contribution in [0.15, 0.2) is 30.3 Å². The SMILES string of the molecule is O=C1Cc2cc(-n3c(C4CCOCC4)nc4ccc(C(F)(F)F)nc43)ccc2N1. The van der Waals surface area contributed by atoms with Crippen LogP contribution in [0.3, 0.4) is 0 Å². The molecule has 150 valence electrons. The molecule has 2 aliphatic rings. The molecule has 2 aliphatic heterocycles. The van der Waals surface area contributed by atoms with Gasteiger partial charge in [-0.2, -0.15) is 13.2 Å². The molecule has 0 radical (unpaired) electrons. The first-order valence-electron chi connectivity index (χ1n) is 9.37. The third kappa shape index (κ3) is 3.15. The first-order valence-corrected chi connectivity index (χ1v) is 9.37. The number of fused-ring (bicyclic) bond motifs is 2. The van der Waals surface area contributed by atoms with Crippen LogP contribution >= 0.6 is 0 Å². The van der Waals surface area contributed by atoms with E-state index in [1.165, 1.54) is 6.07 Å². The van der Waals surface area contributed by atoms with Gasteiger partial charge in [-0.25, -0.2) is 9.97 Å². The lowest BCUT2D eigenvalue weighted by Crippen LogP contribution is -2.18. The number of aromatic nitrogens is 3. The second-order valence-electron chi connectivity index (χ2n) is 7.30. The smallest absolute Gasteiger partial charge is 0.381 e. The van der Waals surface area contributed by atoms with Gasteiger partial charge in [0.2, 0.25) is 5.91 Å². The van der Waals surface area contributed by atoms with E-state index in [2.05, 4.69) is 15.3 Å². The second-order valence-corrected chi connectivity index (χ2v) is 7.30. The molecule has 4 heterocycles. The topological polar surface area (TPSA) is 69.0 Å². The minimum absolute atomic E-state index is 0.0558. The van der Waals surface area contributed by atoms with Crippen molar-refractivity contribution in [1.82, 2.24) is 14.5 Å². The number of anilines is 1. The fourth-order valence-corrected chi connectivity index (χ4v) is 3.97. The number of amides is 1. The molecule has 1 aromatic carbocycles. The highest BCUT2D eigenvalue weighted by Gasteiger charge is 2.34. The monoisotopic (exact) mass is 402 g/mol. The standard InChI is InChI=1S/C20H17F3N4O2/c21-20(22,23)16-4-3-15-19(26-16)27(18(25-15)11-5-7-29-8-6-11)13-1-2-14-12(9-13)10-17(28)24-14/h1-4,9,11H,5-8,10H2,(H,24,28). The molecule has 1 N–H and O–H groups in total. The van der Waals surface area contributed by atoms with Gasteiger partial charge in [-0.3, -0.25) is 9.36 Å². The molecule has 0 atom stereocenters. The number of ether oxygens (including phenoxy) is 1. The normalized spacial score (nSPS) is 17.6. The highest BCUT2D eigenvalue weighted by atomic mass is 19.4. The molecule has 0 spiro atoms. The maximum absolute atomic E-state index is 13.3. The van der Waals surface area contributed by atoms with Gasteiger partial charge in [0.25, 0.3) is 0 Å². The van der Waals surface area contributed by atoms with E-state index in [1.54, 1.807) is 16.7 Å². The summed E-state index contributed by atoms with van der Waals surface area (Å²) in [5, 5.41) is 2.77. The molecule has 0 aliphatic carbocycles. The Hall–Kier alpha value is -2.94. The molecule has 1 amide bonds. The Morgan fingerprint density at radius 2 is 1.90 bits per heavy atom. The fourth-order valence-electron chi connectivity index (χ4n) is 3.97. The third-order valence-corrected chi connectivity index (χ3v) is 5.38. The van der Waals surface area contributed by atoms with Gasteiger partial charge < -0.3 is 10.1 Å². The lowest BCUT2D eigenvalue weighted by Gasteiger charge is -2.22. The molecular weight excluding hydrogens is 385 g/mol. The molecular formula is C20H17F3N4O2. The number of alkyl halides is 3. The maximum Gasteiger partial charge on any atom is 0.433 e. The molecule has 1 saturated heterocycles. The molecule has 0 saturated carbocycles. The number of hydrogen-bond acceptors (Lipinski definition) is 4. The molecule has 0 bridgehead atoms. The minimum Gasteiger partial charge on any atom is -0.381 e. The highest BCUT2D eigenvalue weighted by Crippen LogP contribution is 2.35. The molecule has 9 heteroatoms. The molecule has 5 rings (SSSR count). The number of carbonyl (C=O) groups is 1. The highest BCUT2D eigenvalue weighted by molar-refractivity contribution is 5.99. The number of nitrogens with zero attached hydrogens (tertiary/aromatic N) is 3. The van der Waals surface area contributed by atoms with Gasteiger partial charge in [0.15, 0.2) is 5.65 Å². The lowest BCUT2D eigenvalue weighted by atomic mass is 9.99. The Bertz CT molecular complexity index is 1120. The number of halogens is 3. The average molecular weight is 402 g/mol. The summed E-state index contributed by atoms with van der Waals surface area (Å²) in [4.78, 5) is 20.2. The van der Waals surface area contributed by atoms with Gasteiger partial charge in [-0.05, 0) is 48.7 Å². The van der Waals surface area contributed by atoms with Crippen LogP contribution in [-0.2, 0) is 22.1 Å². The summed E-state index contributed by atoms with van der Waals surface area (Å²) in [6.45, 7) is 1.16. The van der Waals surface area contributed by atoms with E-state index in [9.17, 15) is 18.0 Å². The maximum atomic E-state index is 13.3. The van der Waals surface area contributed by atoms with Gasteiger partial charge >= 0.3 is 6.18 Å². The zero-order chi connectivity index (χ0) is 20.2. The van der Waals surface area contributed by atoms with E-state index in [-0.39, 0.29) is 23.9 Å². The van der Waals surface area contributed by atoms with Crippen LogP contribution in [0, 0.1) is 0 Å². The summed E-state index contributed by atoms with van der Waals surface area (Å²) < 4.78 is 47.0. The van der Waals surface area contributed by atoms with E-state index >= 15 is 0 Å². The van der Waals surface area contributed by atoms with E-state index in [0.29, 0.717) is 30.2 Å². The van der Waals surface area contributed by atoms with Gasteiger partial charge in [0, 0.05) is 30.5 Å². The van der Waals surface area contributed by atoms with Crippen molar-refractivity contribution in [3.8, 4) is 5.69 Å². The first-order chi connectivity index (χ1) is 13.9. The van der Waals surface area contributed by atoms with Gasteiger partial charge in [-0.15, -0.1) is 0 Å². The lowest BCUT2D eigenvalue weighted by molar-refractivity contribution is -0.141. The number of carbonyl (C=O) groups excluding carboxylic acids is 1. The van der Waals surface area contributed by atoms with Gasteiger partial charge in [0.1, 0.15) is 17.0 Å². The summed E-state index contributed by atoms with van der Waals surface area (Å²) in [5.74, 6) is 0.627. The van der Waals surface area contributed by atoms with Crippen LogP contribution in [0.2, 0.25) is 0 Å². The molecule has 29 heavy (non-hydrogen) atoms. The largest absolute Gasteiger partial charge is 0.433 e. The summed E-state index contributed by atoms with van der Waals surface area (Å²) >= 11 is 0. The Balaban J connectivity index is 1.72. The van der Waals surface area contributed by atoms with E-state index in [0.717, 1.165) is 30.2 Å². The summed E-state index contributed by atoms with van der Waals surface area (Å²) in [6.07, 6.45) is -2.83. The van der Waals surface area contributed by atoms with E-state index in [4.69, 9.17) is 4.74 Å². The third-order valence-electron chi connectivity index (χ3n) is 5.38. The summed E-state index contributed by atoms with van der Waals surface area (Å²) in [6, 6.07) is 7.68. The van der Waals surface area contributed by atoms with Crippen LogP contribution < -0.4 is 5.32 Å². The molecule has 1 fully saturated rings. The zero-order valence-electron chi connectivity index (χ0n) is 15.3. The van der Waals surface area contributed by atoms with Crippen molar-refractivity contribution in [1.29, 1.82) is 0 Å². The Labute approximate surface area is 163 Å². The Morgan fingerprint density at radius 1 is 1.10 bits per heavy atom. The predicted molar refractivity (Wildman–Crippen MR) is 99.0 cm³/mol. The van der Waals surface area contributed by atoms with Crippen molar-refractivity contribution in [2.24, 2.45) is 0 Å². The van der Waals surface area contributed by atoms with Crippen LogP contribution in [0.1, 0.15) is 35.8 Å². The number of pyridine rings is 1. The van der Waals surface area contributed by atoms with Crippen molar-refractivity contribution in [2.45, 2.75) is 31.4 Å². The Kier molecular flexibility index (Phi) is 4.09. The fraction of sp³-hybridized carbons (Fsp3) is 0.350. The van der Waals surface area contributed by atoms with Crippen molar-refractivity contribution in [3.63, 3.8) is 0 Å². The van der Waals surface area contributed by atoms with E-state index in [1.807, 2.05) is 6.07 Å². The van der Waals surface area contributed by atoms with E-state index < -0.39 is 11.9 Å². The van der Waals surface area contributed by atoms with Gasteiger partial charge in [0.05, 0.1) is 6.42 Å². The first kappa shape index (κ1) is 18.1. The number of benzene rings is 1. The quantitative estimate of drug-likeness (QED) is 0.708. The summed E-state index contributed by atoms with van der Waals surface area (Å²) in [5.41, 5.74) is 1.80. The average Bonchev–Trinajstić information content (AvgIpc) is 3.26.